The number of aromatic nitrogens is 5. The molecule has 0 radical (unpaired) electrons. The van der Waals surface area contributed by atoms with Crippen LogP contribution in [0.25, 0.3) is 11.5 Å². The van der Waals surface area contributed by atoms with Crippen molar-refractivity contribution in [2.24, 2.45) is 5.14 Å². The highest BCUT2D eigenvalue weighted by atomic mass is 32.2. The molecule has 0 unspecified atom stereocenters. The lowest BCUT2D eigenvalue weighted by Gasteiger charge is -2.06. The van der Waals surface area contributed by atoms with Crippen LogP contribution in [0.5, 0.6) is 0 Å². The van der Waals surface area contributed by atoms with Crippen molar-refractivity contribution in [1.29, 1.82) is 0 Å². The van der Waals surface area contributed by atoms with Gasteiger partial charge in [0.1, 0.15) is 11.5 Å². The molecule has 3 aromatic heterocycles. The summed E-state index contributed by atoms with van der Waals surface area (Å²) in [5.41, 5.74) is 4.18. The molecule has 0 saturated heterocycles. The molecule has 31 heavy (non-hydrogen) atoms. The summed E-state index contributed by atoms with van der Waals surface area (Å²) in [5.74, 6) is 1.21. The Morgan fingerprint density at radius 1 is 0.806 bits per heavy atom. The van der Waals surface area contributed by atoms with Gasteiger partial charge in [-0.05, 0) is 48.9 Å². The molecule has 0 fully saturated rings. The Balaban J connectivity index is 1.51. The van der Waals surface area contributed by atoms with Gasteiger partial charge in [-0.15, -0.1) is 0 Å². The van der Waals surface area contributed by atoms with E-state index in [1.165, 1.54) is 12.1 Å². The molecular weight excluding hydrogens is 412 g/mol. The number of nitrogens with two attached hydrogens (primary N) is 1. The summed E-state index contributed by atoms with van der Waals surface area (Å²) in [6.45, 7) is 1.93. The predicted octanol–water partition coefficient (Wildman–Crippen LogP) is 2.47. The Hall–Kier alpha value is -3.56. The van der Waals surface area contributed by atoms with Gasteiger partial charge in [0.25, 0.3) is 0 Å². The summed E-state index contributed by atoms with van der Waals surface area (Å²) in [6, 6.07) is 15.8. The van der Waals surface area contributed by atoms with Crippen molar-refractivity contribution in [3.8, 4) is 11.5 Å². The Kier molecular flexibility index (Phi) is 5.79. The summed E-state index contributed by atoms with van der Waals surface area (Å²) in [5, 5.41) is 5.14. The van der Waals surface area contributed by atoms with Crippen LogP contribution >= 0.6 is 0 Å². The topological polar surface area (TPSA) is 125 Å². The second-order valence-electron chi connectivity index (χ2n) is 7.04. The highest BCUT2D eigenvalue weighted by molar-refractivity contribution is 7.89. The number of sulfonamides is 1. The maximum Gasteiger partial charge on any atom is 0.238 e. The van der Waals surface area contributed by atoms with E-state index < -0.39 is 10.0 Å². The van der Waals surface area contributed by atoms with E-state index in [1.54, 1.807) is 24.5 Å². The van der Waals surface area contributed by atoms with Crippen LogP contribution in [0.1, 0.15) is 28.5 Å². The van der Waals surface area contributed by atoms with Gasteiger partial charge in [0.2, 0.25) is 10.0 Å². The Morgan fingerprint density at radius 2 is 1.52 bits per heavy atom. The van der Waals surface area contributed by atoms with E-state index >= 15 is 0 Å². The quantitative estimate of drug-likeness (QED) is 0.496. The minimum absolute atomic E-state index is 0.0774. The molecule has 2 N–H and O–H groups in total. The number of nitrogens with zero attached hydrogens (tertiary/aromatic N) is 5. The maximum absolute atomic E-state index is 11.4. The molecule has 4 aromatic rings. The van der Waals surface area contributed by atoms with E-state index in [-0.39, 0.29) is 4.90 Å². The van der Waals surface area contributed by atoms with Gasteiger partial charge in [0.15, 0.2) is 5.82 Å². The number of aryl methyl sites for hydroxylation is 1. The van der Waals surface area contributed by atoms with Gasteiger partial charge in [-0.3, -0.25) is 0 Å². The molecule has 0 aliphatic heterocycles. The zero-order chi connectivity index (χ0) is 21.8. The number of hydrogen-bond acceptors (Lipinski definition) is 7. The van der Waals surface area contributed by atoms with Gasteiger partial charge in [-0.2, -0.15) is 0 Å². The van der Waals surface area contributed by atoms with Crippen LogP contribution in [0.4, 0.5) is 0 Å². The molecule has 8 nitrogen and oxygen atoms in total. The Morgan fingerprint density at radius 3 is 2.23 bits per heavy atom. The average molecular weight is 433 g/mol. The molecule has 0 aliphatic rings. The molecule has 4 rings (SSSR count). The first-order chi connectivity index (χ1) is 14.9. The van der Waals surface area contributed by atoms with Crippen molar-refractivity contribution < 1.29 is 8.42 Å². The molecule has 156 valence electrons. The number of primary sulfonamides is 1. The third kappa shape index (κ3) is 5.33. The zero-order valence-corrected chi connectivity index (χ0v) is 17.6. The maximum atomic E-state index is 11.4. The van der Waals surface area contributed by atoms with Crippen LogP contribution < -0.4 is 5.14 Å². The van der Waals surface area contributed by atoms with Gasteiger partial charge in [-0.1, -0.05) is 18.2 Å². The predicted molar refractivity (Wildman–Crippen MR) is 115 cm³/mol. The summed E-state index contributed by atoms with van der Waals surface area (Å²) in [4.78, 5) is 22.5. The van der Waals surface area contributed by atoms with Crippen molar-refractivity contribution in [3.63, 3.8) is 0 Å². The van der Waals surface area contributed by atoms with E-state index in [1.807, 2.05) is 37.3 Å². The summed E-state index contributed by atoms with van der Waals surface area (Å²) >= 11 is 0. The largest absolute Gasteiger partial charge is 0.250 e. The Bertz CT molecular complexity index is 1320. The van der Waals surface area contributed by atoms with E-state index in [2.05, 4.69) is 24.9 Å². The lowest BCUT2D eigenvalue weighted by atomic mass is 10.1. The van der Waals surface area contributed by atoms with E-state index in [9.17, 15) is 8.42 Å². The van der Waals surface area contributed by atoms with Crippen LogP contribution in [0.15, 0.2) is 71.9 Å². The molecule has 3 heterocycles. The van der Waals surface area contributed by atoms with E-state index in [0.29, 0.717) is 24.5 Å². The fourth-order valence-corrected chi connectivity index (χ4v) is 3.59. The van der Waals surface area contributed by atoms with Crippen molar-refractivity contribution in [3.05, 3.63) is 95.5 Å². The minimum atomic E-state index is -3.71. The number of benzene rings is 1. The Labute approximate surface area is 180 Å². The average Bonchev–Trinajstić information content (AvgIpc) is 2.74. The third-order valence-corrected chi connectivity index (χ3v) is 5.50. The number of rotatable bonds is 6. The van der Waals surface area contributed by atoms with Crippen molar-refractivity contribution in [2.75, 3.05) is 0 Å². The van der Waals surface area contributed by atoms with Crippen LogP contribution in [0.3, 0.4) is 0 Å². The monoisotopic (exact) mass is 432 g/mol. The third-order valence-electron chi connectivity index (χ3n) is 4.57. The number of pyridine rings is 1. The summed E-state index contributed by atoms with van der Waals surface area (Å²) in [6.07, 6.45) is 4.43. The molecule has 0 saturated carbocycles. The normalized spacial score (nSPS) is 11.4. The summed E-state index contributed by atoms with van der Waals surface area (Å²) in [7, 11) is -3.71. The molecule has 0 spiro atoms. The second-order valence-corrected chi connectivity index (χ2v) is 8.60. The molecule has 9 heteroatoms. The van der Waals surface area contributed by atoms with Gasteiger partial charge in [0, 0.05) is 30.9 Å². The van der Waals surface area contributed by atoms with Gasteiger partial charge in [-0.25, -0.2) is 38.5 Å². The van der Waals surface area contributed by atoms with Gasteiger partial charge >= 0.3 is 0 Å². The molecule has 0 atom stereocenters. The van der Waals surface area contributed by atoms with Crippen LogP contribution in [-0.2, 0) is 22.9 Å². The highest BCUT2D eigenvalue weighted by Gasteiger charge is 2.09. The first-order valence-corrected chi connectivity index (χ1v) is 11.1. The van der Waals surface area contributed by atoms with Crippen molar-refractivity contribution in [1.82, 2.24) is 24.9 Å². The fourth-order valence-electron chi connectivity index (χ4n) is 3.08. The van der Waals surface area contributed by atoms with Crippen molar-refractivity contribution in [2.45, 2.75) is 24.7 Å². The zero-order valence-electron chi connectivity index (χ0n) is 16.8. The molecule has 0 bridgehead atoms. The van der Waals surface area contributed by atoms with Crippen molar-refractivity contribution >= 4 is 10.0 Å². The lowest BCUT2D eigenvalue weighted by Crippen LogP contribution is -2.12. The fraction of sp³-hybridized carbons (Fsp3) is 0.136. The first-order valence-electron chi connectivity index (χ1n) is 9.55. The van der Waals surface area contributed by atoms with Gasteiger partial charge < -0.3 is 0 Å². The SMILES string of the molecule is Cc1cccc(-c2nccc(Cc3ccnc(Cc4ccc(S(N)(=O)=O)cc4)n3)n2)n1. The van der Waals surface area contributed by atoms with Crippen LogP contribution in [0.2, 0.25) is 0 Å². The first kappa shape index (κ1) is 20.7. The van der Waals surface area contributed by atoms with Crippen LogP contribution in [-0.4, -0.2) is 33.3 Å². The molecule has 0 amide bonds. The smallest absolute Gasteiger partial charge is 0.238 e. The summed E-state index contributed by atoms with van der Waals surface area (Å²) < 4.78 is 22.8. The standard InChI is InChI=1S/C22H20N6O2S/c1-15-3-2-4-20(26-15)22-25-12-10-18(28-22)14-17-9-11-24-21(27-17)13-16-5-7-19(8-6-16)31(23,29)30/h2-12H,13-14H2,1H3,(H2,23,29,30). The molecular formula is C22H20N6O2S. The lowest BCUT2D eigenvalue weighted by molar-refractivity contribution is 0.598. The molecule has 0 aliphatic carbocycles. The van der Waals surface area contributed by atoms with E-state index in [0.717, 1.165) is 28.3 Å². The highest BCUT2D eigenvalue weighted by Crippen LogP contribution is 2.15. The number of hydrogen-bond donors (Lipinski definition) is 1. The second kappa shape index (κ2) is 8.66. The van der Waals surface area contributed by atoms with Crippen LogP contribution in [0, 0.1) is 6.92 Å². The molecule has 1 aromatic carbocycles. The minimum Gasteiger partial charge on any atom is -0.250 e. The van der Waals surface area contributed by atoms with E-state index in [4.69, 9.17) is 5.14 Å². The van der Waals surface area contributed by atoms with Gasteiger partial charge in [0.05, 0.1) is 16.3 Å².